The molecular weight excluding hydrogens is 194 g/mol. The van der Waals surface area contributed by atoms with Crippen molar-refractivity contribution in [1.29, 1.82) is 5.26 Å². The fraction of sp³-hybridized carbons (Fsp3) is 0.182. The van der Waals surface area contributed by atoms with Crippen molar-refractivity contribution >= 4 is 21.4 Å². The lowest BCUT2D eigenvalue weighted by molar-refractivity contribution is 0.283. The molecule has 0 radical (unpaired) electrons. The van der Waals surface area contributed by atoms with E-state index < -0.39 is 0 Å². The Kier molecular flexibility index (Phi) is 2.24. The van der Waals surface area contributed by atoms with Crippen LogP contribution in [-0.4, -0.2) is 5.11 Å². The Morgan fingerprint density at radius 3 is 2.86 bits per heavy atom. The van der Waals surface area contributed by atoms with Crippen molar-refractivity contribution in [3.8, 4) is 6.07 Å². The first-order chi connectivity index (χ1) is 6.74. The zero-order valence-electron chi connectivity index (χ0n) is 7.74. The number of thiophene rings is 1. The number of aryl methyl sites for hydroxylation is 1. The van der Waals surface area contributed by atoms with E-state index in [4.69, 9.17) is 10.4 Å². The Balaban J connectivity index is 2.80. The number of hydrogen-bond acceptors (Lipinski definition) is 3. The molecule has 2 nitrogen and oxygen atoms in total. The first-order valence-corrected chi connectivity index (χ1v) is 5.10. The molecule has 2 aromatic rings. The highest BCUT2D eigenvalue weighted by Gasteiger charge is 2.06. The summed E-state index contributed by atoms with van der Waals surface area (Å²) < 4.78 is 1.09. The second-order valence-corrected chi connectivity index (χ2v) is 4.44. The van der Waals surface area contributed by atoms with Gasteiger partial charge < -0.3 is 5.11 Å². The average Bonchev–Trinajstić information content (AvgIpc) is 2.56. The van der Waals surface area contributed by atoms with E-state index in [0.717, 1.165) is 15.6 Å². The van der Waals surface area contributed by atoms with Gasteiger partial charge >= 0.3 is 0 Å². The van der Waals surface area contributed by atoms with E-state index in [9.17, 15) is 0 Å². The van der Waals surface area contributed by atoms with Crippen LogP contribution in [0.4, 0.5) is 0 Å². The molecule has 1 aromatic heterocycles. The predicted molar refractivity (Wildman–Crippen MR) is 57.2 cm³/mol. The molecule has 0 aliphatic carbocycles. The number of benzene rings is 1. The fourth-order valence-corrected chi connectivity index (χ4v) is 2.53. The summed E-state index contributed by atoms with van der Waals surface area (Å²) in [7, 11) is 0. The van der Waals surface area contributed by atoms with Crippen molar-refractivity contribution in [3.63, 3.8) is 0 Å². The minimum absolute atomic E-state index is 0.00796. The van der Waals surface area contributed by atoms with Crippen LogP contribution in [-0.2, 0) is 6.61 Å². The molecule has 0 bridgehead atoms. The predicted octanol–water partition coefficient (Wildman–Crippen LogP) is 2.57. The van der Waals surface area contributed by atoms with Crippen molar-refractivity contribution in [2.24, 2.45) is 0 Å². The number of fused-ring (bicyclic) bond motifs is 1. The van der Waals surface area contributed by atoms with Crippen LogP contribution in [0.3, 0.4) is 0 Å². The summed E-state index contributed by atoms with van der Waals surface area (Å²) in [4.78, 5) is 1.20. The molecular formula is C11H9NOS. The molecule has 0 aliphatic rings. The highest BCUT2D eigenvalue weighted by molar-refractivity contribution is 7.19. The maximum Gasteiger partial charge on any atom is 0.0991 e. The number of aliphatic hydroxyl groups is 1. The summed E-state index contributed by atoms with van der Waals surface area (Å²) >= 11 is 1.65. The van der Waals surface area contributed by atoms with Gasteiger partial charge in [0.05, 0.1) is 18.2 Å². The smallest absolute Gasteiger partial charge is 0.0991 e. The Bertz CT molecular complexity index is 522. The van der Waals surface area contributed by atoms with Crippen LogP contribution in [0.2, 0.25) is 0 Å². The first-order valence-electron chi connectivity index (χ1n) is 4.28. The standard InChI is InChI=1S/C11H9NOS/c1-7-2-9-3-8(5-12)4-10(6-13)11(9)14-7/h2-4,13H,6H2,1H3. The summed E-state index contributed by atoms with van der Waals surface area (Å²) in [6.45, 7) is 2.02. The van der Waals surface area contributed by atoms with Gasteiger partial charge in [0.25, 0.3) is 0 Å². The molecule has 2 rings (SSSR count). The van der Waals surface area contributed by atoms with Gasteiger partial charge in [-0.25, -0.2) is 0 Å². The lowest BCUT2D eigenvalue weighted by Crippen LogP contribution is -1.84. The van der Waals surface area contributed by atoms with Gasteiger partial charge in [0.15, 0.2) is 0 Å². The lowest BCUT2D eigenvalue weighted by atomic mass is 10.1. The van der Waals surface area contributed by atoms with Gasteiger partial charge in [0, 0.05) is 9.58 Å². The Labute approximate surface area is 86.0 Å². The highest BCUT2D eigenvalue weighted by atomic mass is 32.1. The maximum atomic E-state index is 9.16. The average molecular weight is 203 g/mol. The lowest BCUT2D eigenvalue weighted by Gasteiger charge is -1.98. The Morgan fingerprint density at radius 1 is 1.43 bits per heavy atom. The summed E-state index contributed by atoms with van der Waals surface area (Å²) in [6, 6.07) is 7.75. The number of nitrogens with zero attached hydrogens (tertiary/aromatic N) is 1. The summed E-state index contributed by atoms with van der Waals surface area (Å²) in [6.07, 6.45) is 0. The number of hydrogen-bond donors (Lipinski definition) is 1. The summed E-state index contributed by atoms with van der Waals surface area (Å²) in [5, 5.41) is 19.0. The molecule has 0 fully saturated rings. The zero-order valence-corrected chi connectivity index (χ0v) is 8.56. The first kappa shape index (κ1) is 9.20. The molecule has 3 heteroatoms. The van der Waals surface area contributed by atoms with Crippen LogP contribution in [0.5, 0.6) is 0 Å². The Hall–Kier alpha value is -1.37. The number of nitriles is 1. The van der Waals surface area contributed by atoms with E-state index in [0.29, 0.717) is 5.56 Å². The van der Waals surface area contributed by atoms with Gasteiger partial charge in [-0.2, -0.15) is 5.26 Å². The molecule has 0 atom stereocenters. The van der Waals surface area contributed by atoms with E-state index in [2.05, 4.69) is 6.07 Å². The van der Waals surface area contributed by atoms with E-state index in [1.54, 1.807) is 17.4 Å². The molecule has 1 heterocycles. The van der Waals surface area contributed by atoms with Crippen molar-refractivity contribution < 1.29 is 5.11 Å². The van der Waals surface area contributed by atoms with Crippen molar-refractivity contribution in [1.82, 2.24) is 0 Å². The molecule has 1 N–H and O–H groups in total. The molecule has 14 heavy (non-hydrogen) atoms. The fourth-order valence-electron chi connectivity index (χ4n) is 1.54. The quantitative estimate of drug-likeness (QED) is 0.774. The molecule has 70 valence electrons. The summed E-state index contributed by atoms with van der Waals surface area (Å²) in [5.41, 5.74) is 1.46. The topological polar surface area (TPSA) is 44.0 Å². The van der Waals surface area contributed by atoms with Crippen molar-refractivity contribution in [2.45, 2.75) is 13.5 Å². The van der Waals surface area contributed by atoms with E-state index in [-0.39, 0.29) is 6.61 Å². The van der Waals surface area contributed by atoms with E-state index >= 15 is 0 Å². The third-order valence-corrected chi connectivity index (χ3v) is 3.26. The monoisotopic (exact) mass is 203 g/mol. The molecule has 0 spiro atoms. The third kappa shape index (κ3) is 1.39. The second kappa shape index (κ2) is 3.41. The van der Waals surface area contributed by atoms with Crippen LogP contribution >= 0.6 is 11.3 Å². The van der Waals surface area contributed by atoms with Gasteiger partial charge in [0.2, 0.25) is 0 Å². The zero-order chi connectivity index (χ0) is 10.1. The third-order valence-electron chi connectivity index (χ3n) is 2.12. The van der Waals surface area contributed by atoms with Gasteiger partial charge in [-0.1, -0.05) is 0 Å². The molecule has 1 aromatic carbocycles. The SMILES string of the molecule is Cc1cc2cc(C#N)cc(CO)c2s1. The minimum atomic E-state index is -0.00796. The Morgan fingerprint density at radius 2 is 2.21 bits per heavy atom. The van der Waals surface area contributed by atoms with E-state index in [1.165, 1.54) is 4.88 Å². The van der Waals surface area contributed by atoms with Gasteiger partial charge in [0.1, 0.15) is 0 Å². The van der Waals surface area contributed by atoms with Crippen LogP contribution in [0.15, 0.2) is 18.2 Å². The van der Waals surface area contributed by atoms with Crippen LogP contribution < -0.4 is 0 Å². The molecule has 0 aliphatic heterocycles. The number of aliphatic hydroxyl groups excluding tert-OH is 1. The van der Waals surface area contributed by atoms with Crippen molar-refractivity contribution in [2.75, 3.05) is 0 Å². The molecule has 0 saturated heterocycles. The summed E-state index contributed by atoms with van der Waals surface area (Å²) in [5.74, 6) is 0. The molecule has 0 unspecified atom stereocenters. The highest BCUT2D eigenvalue weighted by Crippen LogP contribution is 2.29. The second-order valence-electron chi connectivity index (χ2n) is 3.18. The molecule has 0 saturated carbocycles. The van der Waals surface area contributed by atoms with Gasteiger partial charge in [-0.3, -0.25) is 0 Å². The van der Waals surface area contributed by atoms with Crippen LogP contribution in [0.25, 0.3) is 10.1 Å². The van der Waals surface area contributed by atoms with Gasteiger partial charge in [-0.15, -0.1) is 11.3 Å². The van der Waals surface area contributed by atoms with Crippen molar-refractivity contribution in [3.05, 3.63) is 34.2 Å². The minimum Gasteiger partial charge on any atom is -0.392 e. The maximum absolute atomic E-state index is 9.16. The largest absolute Gasteiger partial charge is 0.392 e. The van der Waals surface area contributed by atoms with Gasteiger partial charge in [-0.05, 0) is 36.1 Å². The van der Waals surface area contributed by atoms with Crippen LogP contribution in [0.1, 0.15) is 16.0 Å². The normalized spacial score (nSPS) is 10.4. The van der Waals surface area contributed by atoms with E-state index in [1.807, 2.05) is 19.1 Å². The molecule has 0 amide bonds. The van der Waals surface area contributed by atoms with Crippen LogP contribution in [0, 0.1) is 18.3 Å². The number of rotatable bonds is 1.